The number of carboxylic acid groups (broad SMARTS) is 1. The lowest BCUT2D eigenvalue weighted by atomic mass is 10.0. The smallest absolute Gasteiger partial charge is 0.329 e. The monoisotopic (exact) mass is 248 g/mol. The van der Waals surface area contributed by atoms with E-state index in [0.29, 0.717) is 6.42 Å². The highest BCUT2D eigenvalue weighted by Crippen LogP contribution is 2.14. The van der Waals surface area contributed by atoms with Gasteiger partial charge in [-0.1, -0.05) is 0 Å². The highest BCUT2D eigenvalue weighted by atomic mass is 32.2. The molecule has 94 valence electrons. The van der Waals surface area contributed by atoms with Gasteiger partial charge in [0.05, 0.1) is 6.04 Å². The minimum Gasteiger partial charge on any atom is -0.480 e. The standard InChI is InChI=1S/C10H20N2O3S/c1-10(2,9(14)15)12(3)8(13)7(11)5-6-16-4/h7H,5-6,11H2,1-4H3,(H,14,15)/t7-/m1/s1. The summed E-state index contributed by atoms with van der Waals surface area (Å²) in [6.07, 6.45) is 2.49. The molecule has 1 atom stereocenters. The zero-order valence-electron chi connectivity index (χ0n) is 10.2. The third kappa shape index (κ3) is 3.68. The summed E-state index contributed by atoms with van der Waals surface area (Å²) in [5.41, 5.74) is 4.48. The number of rotatable bonds is 6. The van der Waals surface area contributed by atoms with Gasteiger partial charge in [0.25, 0.3) is 0 Å². The van der Waals surface area contributed by atoms with Gasteiger partial charge in [-0.15, -0.1) is 0 Å². The predicted octanol–water partition coefficient (Wildman–Crippen LogP) is 0.388. The number of amides is 1. The molecule has 0 aliphatic rings. The lowest BCUT2D eigenvalue weighted by Gasteiger charge is -2.33. The lowest BCUT2D eigenvalue weighted by Crippen LogP contribution is -2.55. The second-order valence-electron chi connectivity index (χ2n) is 4.15. The molecule has 0 saturated heterocycles. The van der Waals surface area contributed by atoms with Crippen LogP contribution in [0.3, 0.4) is 0 Å². The van der Waals surface area contributed by atoms with E-state index in [1.165, 1.54) is 25.8 Å². The summed E-state index contributed by atoms with van der Waals surface area (Å²) in [5, 5.41) is 8.98. The van der Waals surface area contributed by atoms with E-state index in [1.54, 1.807) is 11.8 Å². The minimum atomic E-state index is -1.23. The van der Waals surface area contributed by atoms with Gasteiger partial charge in [-0.25, -0.2) is 4.79 Å². The van der Waals surface area contributed by atoms with Crippen molar-refractivity contribution in [1.29, 1.82) is 0 Å². The van der Waals surface area contributed by atoms with Crippen molar-refractivity contribution in [2.45, 2.75) is 31.8 Å². The van der Waals surface area contributed by atoms with Crippen LogP contribution in [0.4, 0.5) is 0 Å². The number of carboxylic acids is 1. The van der Waals surface area contributed by atoms with Gasteiger partial charge in [-0.2, -0.15) is 11.8 Å². The zero-order valence-corrected chi connectivity index (χ0v) is 11.0. The second kappa shape index (κ2) is 6.10. The Hall–Kier alpha value is -0.750. The molecule has 5 nitrogen and oxygen atoms in total. The van der Waals surface area contributed by atoms with E-state index >= 15 is 0 Å². The third-order valence-electron chi connectivity index (χ3n) is 2.64. The first kappa shape index (κ1) is 15.2. The summed E-state index contributed by atoms with van der Waals surface area (Å²) in [7, 11) is 1.47. The fraction of sp³-hybridized carbons (Fsp3) is 0.800. The van der Waals surface area contributed by atoms with Gasteiger partial charge in [0.1, 0.15) is 5.54 Å². The average molecular weight is 248 g/mol. The zero-order chi connectivity index (χ0) is 12.9. The second-order valence-corrected chi connectivity index (χ2v) is 5.13. The molecule has 0 radical (unpaired) electrons. The minimum absolute atomic E-state index is 0.332. The molecule has 0 spiro atoms. The molecule has 0 fully saturated rings. The van der Waals surface area contributed by atoms with Crippen molar-refractivity contribution in [2.24, 2.45) is 5.73 Å². The Morgan fingerprint density at radius 3 is 2.38 bits per heavy atom. The van der Waals surface area contributed by atoms with Crippen LogP contribution in [-0.2, 0) is 9.59 Å². The van der Waals surface area contributed by atoms with Crippen LogP contribution in [0.5, 0.6) is 0 Å². The Kier molecular flexibility index (Phi) is 5.81. The Morgan fingerprint density at radius 1 is 1.50 bits per heavy atom. The molecule has 3 N–H and O–H groups in total. The first-order chi connectivity index (χ1) is 7.25. The first-order valence-corrected chi connectivity index (χ1v) is 6.40. The van der Waals surface area contributed by atoms with Gasteiger partial charge in [-0.3, -0.25) is 4.79 Å². The van der Waals surface area contributed by atoms with E-state index in [-0.39, 0.29) is 5.91 Å². The normalized spacial score (nSPS) is 13.3. The SMILES string of the molecule is CSCC[C@@H](N)C(=O)N(C)C(C)(C)C(=O)O. The van der Waals surface area contributed by atoms with Crippen LogP contribution in [-0.4, -0.2) is 52.5 Å². The van der Waals surface area contributed by atoms with Gasteiger partial charge in [0, 0.05) is 7.05 Å². The Labute approximate surface area is 100 Å². The van der Waals surface area contributed by atoms with E-state index in [0.717, 1.165) is 5.75 Å². The molecule has 0 rings (SSSR count). The summed E-state index contributed by atoms with van der Waals surface area (Å²) >= 11 is 1.61. The van der Waals surface area contributed by atoms with Gasteiger partial charge >= 0.3 is 5.97 Å². The van der Waals surface area contributed by atoms with Crippen molar-refractivity contribution >= 4 is 23.6 Å². The van der Waals surface area contributed by atoms with E-state index in [4.69, 9.17) is 10.8 Å². The Balaban J connectivity index is 4.54. The summed E-state index contributed by atoms with van der Waals surface area (Å²) < 4.78 is 0. The number of nitrogens with two attached hydrogens (primary N) is 1. The number of aliphatic carboxylic acids is 1. The van der Waals surface area contributed by atoms with Crippen LogP contribution in [0.25, 0.3) is 0 Å². The maximum Gasteiger partial charge on any atom is 0.329 e. The molecular formula is C10H20N2O3S. The van der Waals surface area contributed by atoms with Crippen molar-refractivity contribution in [2.75, 3.05) is 19.1 Å². The van der Waals surface area contributed by atoms with Crippen molar-refractivity contribution in [3.05, 3.63) is 0 Å². The number of hydrogen-bond acceptors (Lipinski definition) is 4. The summed E-state index contributed by atoms with van der Waals surface area (Å²) in [5.74, 6) is -0.587. The van der Waals surface area contributed by atoms with Crippen molar-refractivity contribution in [3.8, 4) is 0 Å². The quantitative estimate of drug-likeness (QED) is 0.710. The number of carbonyl (C=O) groups is 2. The van der Waals surface area contributed by atoms with Crippen LogP contribution in [0, 0.1) is 0 Å². The number of thioether (sulfide) groups is 1. The number of carbonyl (C=O) groups excluding carboxylic acids is 1. The Morgan fingerprint density at radius 2 is 2.00 bits per heavy atom. The number of likely N-dealkylation sites (N-methyl/N-ethyl adjacent to an activating group) is 1. The third-order valence-corrected chi connectivity index (χ3v) is 3.29. The predicted molar refractivity (Wildman–Crippen MR) is 65.5 cm³/mol. The first-order valence-electron chi connectivity index (χ1n) is 5.00. The summed E-state index contributed by atoms with van der Waals surface area (Å²) in [6.45, 7) is 2.96. The molecule has 0 aromatic rings. The van der Waals surface area contributed by atoms with Crippen LogP contribution in [0.15, 0.2) is 0 Å². The summed E-state index contributed by atoms with van der Waals surface area (Å²) in [6, 6.07) is -0.629. The highest BCUT2D eigenvalue weighted by molar-refractivity contribution is 7.98. The van der Waals surface area contributed by atoms with E-state index in [9.17, 15) is 9.59 Å². The molecule has 0 heterocycles. The fourth-order valence-electron chi connectivity index (χ4n) is 1.04. The molecule has 0 aliphatic heterocycles. The molecule has 6 heteroatoms. The van der Waals surface area contributed by atoms with Crippen molar-refractivity contribution in [3.63, 3.8) is 0 Å². The van der Waals surface area contributed by atoms with Gasteiger partial charge in [0.2, 0.25) is 5.91 Å². The number of nitrogens with zero attached hydrogens (tertiary/aromatic N) is 1. The highest BCUT2D eigenvalue weighted by Gasteiger charge is 2.36. The van der Waals surface area contributed by atoms with Crippen LogP contribution >= 0.6 is 11.8 Å². The maximum absolute atomic E-state index is 11.8. The van der Waals surface area contributed by atoms with Gasteiger partial charge in [-0.05, 0) is 32.3 Å². The van der Waals surface area contributed by atoms with E-state index in [1.807, 2.05) is 6.26 Å². The maximum atomic E-state index is 11.8. The molecule has 0 aliphatic carbocycles. The fourth-order valence-corrected chi connectivity index (χ4v) is 1.53. The molecule has 0 bridgehead atoms. The lowest BCUT2D eigenvalue weighted by molar-refractivity contribution is -0.155. The molecule has 16 heavy (non-hydrogen) atoms. The van der Waals surface area contributed by atoms with Crippen LogP contribution in [0.1, 0.15) is 20.3 Å². The Bertz CT molecular complexity index is 269. The molecule has 0 unspecified atom stereocenters. The topological polar surface area (TPSA) is 83.6 Å². The molecular weight excluding hydrogens is 228 g/mol. The van der Waals surface area contributed by atoms with Crippen LogP contribution in [0.2, 0.25) is 0 Å². The van der Waals surface area contributed by atoms with Gasteiger partial charge in [0.15, 0.2) is 0 Å². The largest absolute Gasteiger partial charge is 0.480 e. The number of hydrogen-bond donors (Lipinski definition) is 2. The molecule has 0 saturated carbocycles. The van der Waals surface area contributed by atoms with Crippen molar-refractivity contribution < 1.29 is 14.7 Å². The van der Waals surface area contributed by atoms with Gasteiger partial charge < -0.3 is 15.7 Å². The van der Waals surface area contributed by atoms with E-state index in [2.05, 4.69) is 0 Å². The average Bonchev–Trinajstić information content (AvgIpc) is 2.23. The molecule has 0 aromatic heterocycles. The van der Waals surface area contributed by atoms with E-state index < -0.39 is 17.6 Å². The van der Waals surface area contributed by atoms with Crippen LogP contribution < -0.4 is 5.73 Å². The molecule has 1 amide bonds. The summed E-state index contributed by atoms with van der Waals surface area (Å²) in [4.78, 5) is 24.0. The molecule has 0 aromatic carbocycles. The van der Waals surface area contributed by atoms with Crippen molar-refractivity contribution in [1.82, 2.24) is 4.90 Å².